The topological polar surface area (TPSA) is 16.4 Å². The molecule has 0 aliphatic rings. The zero-order valence-electron chi connectivity index (χ0n) is 19.6. The van der Waals surface area contributed by atoms with Gasteiger partial charge in [-0.1, -0.05) is 97.1 Å². The molecule has 0 unspecified atom stereocenters. The maximum absolute atomic E-state index is 6.56. The molecule has 36 heavy (non-hydrogen) atoms. The monoisotopic (exact) mass is 461 g/mol. The maximum Gasteiger partial charge on any atom is 0.138 e. The Kier molecular flexibility index (Phi) is 4.82. The van der Waals surface area contributed by atoms with Crippen molar-refractivity contribution in [1.82, 2.24) is 0 Å². The number of benzene rings is 6. The average molecular weight is 462 g/mol. The SMILES string of the molecule is c1ccc(-c2cc(N(c3ccccc3)c3ccccc3)cc3oc4ccc5ccccc5c4c23)cc1. The van der Waals surface area contributed by atoms with Crippen molar-refractivity contribution in [3.63, 3.8) is 0 Å². The predicted octanol–water partition coefficient (Wildman–Crippen LogP) is 9.88. The molecule has 0 amide bonds. The highest BCUT2D eigenvalue weighted by atomic mass is 16.3. The fourth-order valence-corrected chi connectivity index (χ4v) is 5.23. The van der Waals surface area contributed by atoms with E-state index in [2.05, 4.69) is 144 Å². The van der Waals surface area contributed by atoms with Crippen molar-refractivity contribution in [1.29, 1.82) is 0 Å². The van der Waals surface area contributed by atoms with Crippen LogP contribution in [0.1, 0.15) is 0 Å². The van der Waals surface area contributed by atoms with Crippen LogP contribution in [-0.2, 0) is 0 Å². The molecule has 0 fully saturated rings. The Morgan fingerprint density at radius 1 is 0.444 bits per heavy atom. The summed E-state index contributed by atoms with van der Waals surface area (Å²) in [7, 11) is 0. The Morgan fingerprint density at radius 2 is 1.06 bits per heavy atom. The van der Waals surface area contributed by atoms with Crippen molar-refractivity contribution in [3.05, 3.63) is 140 Å². The summed E-state index contributed by atoms with van der Waals surface area (Å²) in [5.74, 6) is 0. The van der Waals surface area contributed by atoms with Crippen LogP contribution in [-0.4, -0.2) is 0 Å². The average Bonchev–Trinajstić information content (AvgIpc) is 3.34. The summed E-state index contributed by atoms with van der Waals surface area (Å²) in [5, 5.41) is 4.74. The van der Waals surface area contributed by atoms with Gasteiger partial charge in [-0.2, -0.15) is 0 Å². The van der Waals surface area contributed by atoms with E-state index < -0.39 is 0 Å². The van der Waals surface area contributed by atoms with Gasteiger partial charge in [-0.05, 0) is 58.3 Å². The molecule has 0 N–H and O–H groups in total. The first-order valence-corrected chi connectivity index (χ1v) is 12.2. The normalized spacial score (nSPS) is 11.3. The van der Waals surface area contributed by atoms with Crippen molar-refractivity contribution in [2.75, 3.05) is 4.90 Å². The molecule has 1 aromatic heterocycles. The third-order valence-corrected chi connectivity index (χ3v) is 6.82. The summed E-state index contributed by atoms with van der Waals surface area (Å²) in [6.45, 7) is 0. The van der Waals surface area contributed by atoms with Crippen molar-refractivity contribution in [2.24, 2.45) is 0 Å². The van der Waals surface area contributed by atoms with Crippen molar-refractivity contribution in [3.8, 4) is 11.1 Å². The van der Waals surface area contributed by atoms with Crippen LogP contribution in [0.5, 0.6) is 0 Å². The number of furan rings is 1. The van der Waals surface area contributed by atoms with E-state index >= 15 is 0 Å². The molecule has 2 heteroatoms. The van der Waals surface area contributed by atoms with Crippen LogP contribution in [0.25, 0.3) is 43.8 Å². The quantitative estimate of drug-likeness (QED) is 0.259. The lowest BCUT2D eigenvalue weighted by Crippen LogP contribution is -2.09. The molecule has 0 atom stereocenters. The molecule has 170 valence electrons. The first-order chi connectivity index (χ1) is 17.9. The first-order valence-electron chi connectivity index (χ1n) is 12.2. The molecule has 0 saturated heterocycles. The molecule has 6 aromatic carbocycles. The first kappa shape index (κ1) is 20.5. The van der Waals surface area contributed by atoms with Gasteiger partial charge < -0.3 is 9.32 Å². The van der Waals surface area contributed by atoms with E-state index in [-0.39, 0.29) is 0 Å². The van der Waals surface area contributed by atoms with Gasteiger partial charge in [-0.3, -0.25) is 0 Å². The summed E-state index contributed by atoms with van der Waals surface area (Å²) in [4.78, 5) is 2.29. The third kappa shape index (κ3) is 3.35. The highest BCUT2D eigenvalue weighted by molar-refractivity contribution is 6.23. The van der Waals surface area contributed by atoms with Gasteiger partial charge in [0.15, 0.2) is 0 Å². The second-order valence-electron chi connectivity index (χ2n) is 9.00. The highest BCUT2D eigenvalue weighted by Crippen LogP contribution is 2.45. The van der Waals surface area contributed by atoms with Crippen LogP contribution in [0.4, 0.5) is 17.1 Å². The number of fused-ring (bicyclic) bond motifs is 5. The van der Waals surface area contributed by atoms with E-state index in [1.54, 1.807) is 0 Å². The number of anilines is 3. The van der Waals surface area contributed by atoms with E-state index in [0.717, 1.165) is 39.2 Å². The number of hydrogen-bond donors (Lipinski definition) is 0. The van der Waals surface area contributed by atoms with Gasteiger partial charge in [0, 0.05) is 28.2 Å². The summed E-state index contributed by atoms with van der Waals surface area (Å²) < 4.78 is 6.56. The van der Waals surface area contributed by atoms with Crippen LogP contribution in [0.15, 0.2) is 144 Å². The molecule has 0 spiro atoms. The number of hydrogen-bond acceptors (Lipinski definition) is 2. The largest absolute Gasteiger partial charge is 0.456 e. The molecular formula is C34H23NO. The van der Waals surface area contributed by atoms with Crippen LogP contribution in [0.2, 0.25) is 0 Å². The molecule has 1 heterocycles. The number of para-hydroxylation sites is 2. The summed E-state index contributed by atoms with van der Waals surface area (Å²) in [6, 6.07) is 48.9. The Balaban J connectivity index is 1.59. The van der Waals surface area contributed by atoms with Gasteiger partial charge in [0.2, 0.25) is 0 Å². The molecule has 7 rings (SSSR count). The second kappa shape index (κ2) is 8.44. The van der Waals surface area contributed by atoms with E-state index in [1.807, 2.05) is 0 Å². The Labute approximate surface area is 209 Å². The van der Waals surface area contributed by atoms with Crippen LogP contribution < -0.4 is 4.90 Å². The van der Waals surface area contributed by atoms with Crippen LogP contribution >= 0.6 is 0 Å². The van der Waals surface area contributed by atoms with E-state index in [9.17, 15) is 0 Å². The molecule has 0 aliphatic carbocycles. The smallest absolute Gasteiger partial charge is 0.138 e. The van der Waals surface area contributed by atoms with Gasteiger partial charge in [0.1, 0.15) is 11.2 Å². The minimum absolute atomic E-state index is 0.884. The van der Waals surface area contributed by atoms with Crippen LogP contribution in [0, 0.1) is 0 Å². The minimum Gasteiger partial charge on any atom is -0.456 e. The Morgan fingerprint density at radius 3 is 1.75 bits per heavy atom. The highest BCUT2D eigenvalue weighted by Gasteiger charge is 2.20. The van der Waals surface area contributed by atoms with E-state index in [0.29, 0.717) is 0 Å². The molecule has 0 saturated carbocycles. The third-order valence-electron chi connectivity index (χ3n) is 6.82. The molecule has 0 radical (unpaired) electrons. The zero-order chi connectivity index (χ0) is 23.9. The lowest BCUT2D eigenvalue weighted by Gasteiger charge is -2.26. The van der Waals surface area contributed by atoms with Crippen molar-refractivity contribution >= 4 is 49.8 Å². The summed E-state index contributed by atoms with van der Waals surface area (Å²) >= 11 is 0. The Hall–Kier alpha value is -4.82. The molecule has 0 bridgehead atoms. The fourth-order valence-electron chi connectivity index (χ4n) is 5.23. The van der Waals surface area contributed by atoms with Crippen LogP contribution in [0.3, 0.4) is 0 Å². The number of nitrogens with zero attached hydrogens (tertiary/aromatic N) is 1. The maximum atomic E-state index is 6.56. The summed E-state index contributed by atoms with van der Waals surface area (Å²) in [6.07, 6.45) is 0. The molecule has 0 aliphatic heterocycles. The zero-order valence-corrected chi connectivity index (χ0v) is 19.6. The molecular weight excluding hydrogens is 438 g/mol. The lowest BCUT2D eigenvalue weighted by atomic mass is 9.96. The summed E-state index contributed by atoms with van der Waals surface area (Å²) in [5.41, 5.74) is 7.38. The minimum atomic E-state index is 0.884. The van der Waals surface area contributed by atoms with Gasteiger partial charge in [0.05, 0.1) is 5.69 Å². The molecule has 7 aromatic rings. The fraction of sp³-hybridized carbons (Fsp3) is 0. The van der Waals surface area contributed by atoms with Gasteiger partial charge in [-0.25, -0.2) is 0 Å². The van der Waals surface area contributed by atoms with Gasteiger partial charge in [0.25, 0.3) is 0 Å². The standard InChI is InChI=1S/C34H23NO/c1-4-12-24(13-5-1)30-22-28(35(26-15-6-2-7-16-26)27-17-8-3-9-18-27)23-32-34(30)33-29-19-11-10-14-25(29)20-21-31(33)36-32/h1-23H. The van der Waals surface area contributed by atoms with E-state index in [1.165, 1.54) is 21.7 Å². The van der Waals surface area contributed by atoms with Crippen molar-refractivity contribution < 1.29 is 4.42 Å². The predicted molar refractivity (Wildman–Crippen MR) is 151 cm³/mol. The van der Waals surface area contributed by atoms with Gasteiger partial charge in [-0.15, -0.1) is 0 Å². The lowest BCUT2D eigenvalue weighted by molar-refractivity contribution is 0.669. The second-order valence-corrected chi connectivity index (χ2v) is 9.00. The molecule has 2 nitrogen and oxygen atoms in total. The van der Waals surface area contributed by atoms with E-state index in [4.69, 9.17) is 4.42 Å². The Bertz CT molecular complexity index is 1780. The van der Waals surface area contributed by atoms with Crippen molar-refractivity contribution in [2.45, 2.75) is 0 Å². The number of rotatable bonds is 4. The van der Waals surface area contributed by atoms with Gasteiger partial charge >= 0.3 is 0 Å².